The van der Waals surface area contributed by atoms with Crippen LogP contribution in [0.4, 0.5) is 22.0 Å². The molecule has 1 nitrogen and oxygen atoms in total. The molecule has 1 aliphatic carbocycles. The highest BCUT2D eigenvalue weighted by Gasteiger charge is 2.40. The molecule has 0 aromatic heterocycles. The molecule has 1 unspecified atom stereocenters. The van der Waals surface area contributed by atoms with Gasteiger partial charge in [-0.1, -0.05) is 51.3 Å². The zero-order chi connectivity index (χ0) is 24.2. The van der Waals surface area contributed by atoms with Crippen molar-refractivity contribution in [2.75, 3.05) is 0 Å². The van der Waals surface area contributed by atoms with Gasteiger partial charge in [0.15, 0.2) is 11.6 Å². The molecule has 0 N–H and O–H groups in total. The Bertz CT molecular complexity index is 934. The van der Waals surface area contributed by atoms with Gasteiger partial charge < -0.3 is 4.74 Å². The molecule has 6 heteroatoms. The van der Waals surface area contributed by atoms with Crippen molar-refractivity contribution >= 4 is 0 Å². The number of benzene rings is 2. The van der Waals surface area contributed by atoms with Crippen molar-refractivity contribution in [1.29, 1.82) is 0 Å². The molecular weight excluding hydrogens is 435 g/mol. The van der Waals surface area contributed by atoms with E-state index < -0.39 is 35.2 Å². The summed E-state index contributed by atoms with van der Waals surface area (Å²) >= 11 is 0. The standard InChI is InChI=1S/C27H33F5O/c1-4-6-18-8-10-19(11-9-18)22-14-15-23(26(30)25(22)29)27(31,32)33-17(3)21-13-12-20(7-5-2)24(28)16-21/h12-19H,4-11H2,1-3H3. The van der Waals surface area contributed by atoms with Gasteiger partial charge in [-0.2, -0.15) is 8.78 Å². The van der Waals surface area contributed by atoms with Crippen LogP contribution in [0.5, 0.6) is 0 Å². The molecule has 0 amide bonds. The SMILES string of the molecule is CCCc1ccc(C(C)OC(F)(F)c2ccc(C3CCC(CCC)CC3)c(F)c2F)cc1F. The molecule has 0 spiro atoms. The zero-order valence-corrected chi connectivity index (χ0v) is 19.6. The summed E-state index contributed by atoms with van der Waals surface area (Å²) in [5.41, 5.74) is -0.289. The fourth-order valence-electron chi connectivity index (χ4n) is 4.92. The first kappa shape index (κ1) is 25.7. The Morgan fingerprint density at radius 3 is 2.24 bits per heavy atom. The van der Waals surface area contributed by atoms with Crippen molar-refractivity contribution in [3.63, 3.8) is 0 Å². The molecular formula is C27H33F5O. The quantitative estimate of drug-likeness (QED) is 0.334. The fourth-order valence-corrected chi connectivity index (χ4v) is 4.92. The molecule has 3 rings (SSSR count). The largest absolute Gasteiger partial charge is 0.386 e. The molecule has 0 heterocycles. The van der Waals surface area contributed by atoms with E-state index in [1.807, 2.05) is 6.92 Å². The van der Waals surface area contributed by atoms with Gasteiger partial charge in [-0.05, 0) is 79.7 Å². The van der Waals surface area contributed by atoms with Crippen LogP contribution in [0, 0.1) is 23.4 Å². The Balaban J connectivity index is 1.75. The Hall–Kier alpha value is -1.95. The number of halogens is 5. The van der Waals surface area contributed by atoms with Crippen molar-refractivity contribution in [3.8, 4) is 0 Å². The van der Waals surface area contributed by atoms with Gasteiger partial charge in [0.1, 0.15) is 5.82 Å². The minimum absolute atomic E-state index is 0.156. The van der Waals surface area contributed by atoms with E-state index in [2.05, 4.69) is 6.92 Å². The van der Waals surface area contributed by atoms with Crippen LogP contribution in [-0.2, 0) is 17.3 Å². The van der Waals surface area contributed by atoms with Crippen LogP contribution in [0.1, 0.15) is 100.0 Å². The second-order valence-corrected chi connectivity index (χ2v) is 9.21. The third-order valence-corrected chi connectivity index (χ3v) is 6.80. The van der Waals surface area contributed by atoms with Crippen LogP contribution < -0.4 is 0 Å². The lowest BCUT2D eigenvalue weighted by atomic mass is 9.77. The molecule has 1 aliphatic rings. The monoisotopic (exact) mass is 468 g/mol. The molecule has 33 heavy (non-hydrogen) atoms. The van der Waals surface area contributed by atoms with Crippen molar-refractivity contribution in [2.24, 2.45) is 5.92 Å². The Morgan fingerprint density at radius 1 is 0.939 bits per heavy atom. The molecule has 182 valence electrons. The minimum atomic E-state index is -4.07. The van der Waals surface area contributed by atoms with E-state index in [1.165, 1.54) is 25.1 Å². The number of ether oxygens (including phenoxy) is 1. The van der Waals surface area contributed by atoms with E-state index in [4.69, 9.17) is 4.74 Å². The summed E-state index contributed by atoms with van der Waals surface area (Å²) in [7, 11) is 0. The number of aryl methyl sites for hydroxylation is 1. The molecule has 1 saturated carbocycles. The van der Waals surface area contributed by atoms with Gasteiger partial charge >= 0.3 is 6.11 Å². The number of hydrogen-bond acceptors (Lipinski definition) is 1. The first-order valence-electron chi connectivity index (χ1n) is 12.0. The van der Waals surface area contributed by atoms with Crippen molar-refractivity contribution in [1.82, 2.24) is 0 Å². The van der Waals surface area contributed by atoms with E-state index in [1.54, 1.807) is 0 Å². The predicted molar refractivity (Wildman–Crippen MR) is 120 cm³/mol. The topological polar surface area (TPSA) is 9.23 Å². The molecule has 0 bridgehead atoms. The lowest BCUT2D eigenvalue weighted by Gasteiger charge is -2.29. The summed E-state index contributed by atoms with van der Waals surface area (Å²) < 4.78 is 78.3. The maximum atomic E-state index is 14.8. The highest BCUT2D eigenvalue weighted by atomic mass is 19.3. The second-order valence-electron chi connectivity index (χ2n) is 9.21. The third kappa shape index (κ3) is 5.95. The fraction of sp³-hybridized carbons (Fsp3) is 0.556. The summed E-state index contributed by atoms with van der Waals surface area (Å²) in [6.07, 6.45) is 1.54. The number of alkyl halides is 2. The molecule has 2 aromatic carbocycles. The average Bonchev–Trinajstić information content (AvgIpc) is 2.77. The molecule has 0 radical (unpaired) electrons. The Labute approximate surface area is 193 Å². The summed E-state index contributed by atoms with van der Waals surface area (Å²) in [6.45, 7) is 5.37. The first-order chi connectivity index (χ1) is 15.7. The van der Waals surface area contributed by atoms with E-state index in [0.29, 0.717) is 17.9 Å². The first-order valence-corrected chi connectivity index (χ1v) is 12.0. The normalized spacial score (nSPS) is 20.1. The van der Waals surface area contributed by atoms with Gasteiger partial charge in [0.05, 0.1) is 11.7 Å². The van der Waals surface area contributed by atoms with Gasteiger partial charge in [-0.15, -0.1) is 0 Å². The van der Waals surface area contributed by atoms with E-state index in [0.717, 1.165) is 57.1 Å². The summed E-state index contributed by atoms with van der Waals surface area (Å²) in [5.74, 6) is -2.87. The number of rotatable bonds is 9. The average molecular weight is 469 g/mol. The Kier molecular flexibility index (Phi) is 8.54. The molecule has 0 aliphatic heterocycles. The lowest BCUT2D eigenvalue weighted by molar-refractivity contribution is -0.273. The van der Waals surface area contributed by atoms with Gasteiger partial charge in [-0.25, -0.2) is 13.2 Å². The molecule has 0 saturated heterocycles. The van der Waals surface area contributed by atoms with Gasteiger partial charge in [0, 0.05) is 0 Å². The highest BCUT2D eigenvalue weighted by Crippen LogP contribution is 2.42. The van der Waals surface area contributed by atoms with E-state index >= 15 is 0 Å². The zero-order valence-electron chi connectivity index (χ0n) is 19.6. The molecule has 2 aromatic rings. The minimum Gasteiger partial charge on any atom is -0.309 e. The number of hydrogen-bond donors (Lipinski definition) is 0. The van der Waals surface area contributed by atoms with E-state index in [9.17, 15) is 22.0 Å². The lowest BCUT2D eigenvalue weighted by Crippen LogP contribution is -2.23. The molecule has 1 atom stereocenters. The Morgan fingerprint density at radius 2 is 1.64 bits per heavy atom. The third-order valence-electron chi connectivity index (χ3n) is 6.80. The maximum absolute atomic E-state index is 14.8. The maximum Gasteiger partial charge on any atom is 0.386 e. The van der Waals surface area contributed by atoms with Crippen molar-refractivity contribution in [2.45, 2.75) is 90.3 Å². The van der Waals surface area contributed by atoms with Crippen LogP contribution in [0.15, 0.2) is 30.3 Å². The van der Waals surface area contributed by atoms with Crippen LogP contribution in [0.3, 0.4) is 0 Å². The van der Waals surface area contributed by atoms with Gasteiger partial charge in [0.2, 0.25) is 0 Å². The van der Waals surface area contributed by atoms with Crippen molar-refractivity contribution < 1.29 is 26.7 Å². The predicted octanol–water partition coefficient (Wildman–Crippen LogP) is 8.96. The van der Waals surface area contributed by atoms with Crippen LogP contribution in [-0.4, -0.2) is 0 Å². The van der Waals surface area contributed by atoms with Gasteiger partial charge in [0.25, 0.3) is 0 Å². The van der Waals surface area contributed by atoms with Crippen molar-refractivity contribution in [3.05, 3.63) is 70.0 Å². The van der Waals surface area contributed by atoms with Crippen LogP contribution in [0.2, 0.25) is 0 Å². The summed E-state index contributed by atoms with van der Waals surface area (Å²) in [4.78, 5) is 0. The highest BCUT2D eigenvalue weighted by molar-refractivity contribution is 5.31. The summed E-state index contributed by atoms with van der Waals surface area (Å²) in [5, 5.41) is 0. The van der Waals surface area contributed by atoms with Crippen LogP contribution >= 0.6 is 0 Å². The summed E-state index contributed by atoms with van der Waals surface area (Å²) in [6, 6.07) is 6.39. The molecule has 1 fully saturated rings. The van der Waals surface area contributed by atoms with Gasteiger partial charge in [-0.3, -0.25) is 0 Å². The van der Waals surface area contributed by atoms with Crippen LogP contribution in [0.25, 0.3) is 0 Å². The second kappa shape index (κ2) is 11.0. The smallest absolute Gasteiger partial charge is 0.309 e. The van der Waals surface area contributed by atoms with E-state index in [-0.39, 0.29) is 17.0 Å².